The average molecular weight is 284 g/mol. The highest BCUT2D eigenvalue weighted by atomic mass is 16.5. The highest BCUT2D eigenvalue weighted by Crippen LogP contribution is 2.29. The minimum absolute atomic E-state index is 0.395. The van der Waals surface area contributed by atoms with Crippen LogP contribution in [0.1, 0.15) is 22.3 Å². The second-order valence-corrected chi connectivity index (χ2v) is 4.84. The minimum Gasteiger partial charge on any atom is -0.497 e. The summed E-state index contributed by atoms with van der Waals surface area (Å²) in [6.07, 6.45) is 2.03. The van der Waals surface area contributed by atoms with E-state index in [4.69, 9.17) is 14.2 Å². The molecule has 0 saturated heterocycles. The van der Waals surface area contributed by atoms with Crippen molar-refractivity contribution in [2.45, 2.75) is 12.8 Å². The Bertz CT molecular complexity index is 646. The number of carbonyl (C=O) groups is 1. The summed E-state index contributed by atoms with van der Waals surface area (Å²) in [7, 11) is 1.58. The molecule has 0 N–H and O–H groups in total. The molecule has 1 aliphatic heterocycles. The van der Waals surface area contributed by atoms with Crippen molar-refractivity contribution in [1.82, 2.24) is 0 Å². The average Bonchev–Trinajstić information content (AvgIpc) is 2.55. The number of aryl methyl sites for hydroxylation is 1. The fourth-order valence-electron chi connectivity index (χ4n) is 2.28. The lowest BCUT2D eigenvalue weighted by molar-refractivity contribution is 0.0734. The van der Waals surface area contributed by atoms with Crippen molar-refractivity contribution in [3.05, 3.63) is 53.6 Å². The topological polar surface area (TPSA) is 44.8 Å². The summed E-state index contributed by atoms with van der Waals surface area (Å²) >= 11 is 0. The van der Waals surface area contributed by atoms with Crippen LogP contribution in [-0.4, -0.2) is 19.7 Å². The van der Waals surface area contributed by atoms with E-state index >= 15 is 0 Å². The van der Waals surface area contributed by atoms with Crippen molar-refractivity contribution >= 4 is 5.97 Å². The van der Waals surface area contributed by atoms with Crippen LogP contribution in [0.2, 0.25) is 0 Å². The maximum atomic E-state index is 12.1. The van der Waals surface area contributed by atoms with Crippen molar-refractivity contribution in [2.24, 2.45) is 0 Å². The predicted molar refractivity (Wildman–Crippen MR) is 78.2 cm³/mol. The van der Waals surface area contributed by atoms with Crippen LogP contribution in [0.15, 0.2) is 42.5 Å². The zero-order valence-electron chi connectivity index (χ0n) is 11.8. The number of rotatable bonds is 3. The van der Waals surface area contributed by atoms with Gasteiger partial charge in [0.25, 0.3) is 0 Å². The molecule has 4 nitrogen and oxygen atoms in total. The molecule has 1 aliphatic rings. The van der Waals surface area contributed by atoms with Gasteiger partial charge in [-0.25, -0.2) is 4.79 Å². The summed E-state index contributed by atoms with van der Waals surface area (Å²) in [5.41, 5.74) is 1.64. The molecule has 0 saturated carbocycles. The minimum atomic E-state index is -0.395. The fraction of sp³-hybridized carbons (Fsp3) is 0.235. The van der Waals surface area contributed by atoms with Gasteiger partial charge in [-0.1, -0.05) is 6.07 Å². The molecule has 2 aromatic carbocycles. The normalized spacial score (nSPS) is 13.0. The molecule has 0 spiro atoms. The third-order valence-corrected chi connectivity index (χ3v) is 3.42. The van der Waals surface area contributed by atoms with Gasteiger partial charge in [-0.05, 0) is 48.7 Å². The third-order valence-electron chi connectivity index (χ3n) is 3.42. The summed E-state index contributed by atoms with van der Waals surface area (Å²) in [6, 6.07) is 12.3. The molecule has 21 heavy (non-hydrogen) atoms. The molecule has 0 unspecified atom stereocenters. The third kappa shape index (κ3) is 2.99. The number of benzene rings is 2. The Morgan fingerprint density at radius 2 is 1.86 bits per heavy atom. The fourth-order valence-corrected chi connectivity index (χ4v) is 2.28. The summed E-state index contributed by atoms with van der Waals surface area (Å²) < 4.78 is 16.0. The van der Waals surface area contributed by atoms with Crippen LogP contribution in [0.5, 0.6) is 17.2 Å². The molecule has 0 atom stereocenters. The van der Waals surface area contributed by atoms with E-state index in [1.807, 2.05) is 6.07 Å². The number of hydrogen-bond donors (Lipinski definition) is 0. The first-order valence-corrected chi connectivity index (χ1v) is 6.88. The molecule has 108 valence electrons. The summed E-state index contributed by atoms with van der Waals surface area (Å²) in [5, 5.41) is 0. The molecule has 3 rings (SSSR count). The zero-order valence-corrected chi connectivity index (χ0v) is 11.8. The van der Waals surface area contributed by atoms with Gasteiger partial charge in [0.2, 0.25) is 0 Å². The Labute approximate surface area is 123 Å². The summed E-state index contributed by atoms with van der Waals surface area (Å²) in [5.74, 6) is 1.61. The molecule has 0 aromatic heterocycles. The van der Waals surface area contributed by atoms with Crippen LogP contribution < -0.4 is 14.2 Å². The smallest absolute Gasteiger partial charge is 0.343 e. The van der Waals surface area contributed by atoms with Gasteiger partial charge in [0.05, 0.1) is 19.3 Å². The van der Waals surface area contributed by atoms with Crippen LogP contribution in [0.3, 0.4) is 0 Å². The van der Waals surface area contributed by atoms with Gasteiger partial charge in [0, 0.05) is 6.07 Å². The Kier molecular flexibility index (Phi) is 3.77. The first kappa shape index (κ1) is 13.5. The standard InChI is InChI=1S/C17H16O4/c1-19-14-7-5-13(6-8-14)17(18)21-15-9-4-12-3-2-10-20-16(12)11-15/h4-9,11H,2-3,10H2,1H3. The van der Waals surface area contributed by atoms with Crippen LogP contribution in [0.4, 0.5) is 0 Å². The Morgan fingerprint density at radius 1 is 1.10 bits per heavy atom. The molecule has 0 radical (unpaired) electrons. The zero-order chi connectivity index (χ0) is 14.7. The predicted octanol–water partition coefficient (Wildman–Crippen LogP) is 3.24. The molecule has 0 bridgehead atoms. The number of methoxy groups -OCH3 is 1. The van der Waals surface area contributed by atoms with E-state index in [2.05, 4.69) is 0 Å². The van der Waals surface area contributed by atoms with Crippen LogP contribution >= 0.6 is 0 Å². The number of hydrogen-bond acceptors (Lipinski definition) is 4. The molecule has 0 amide bonds. The number of carbonyl (C=O) groups excluding carboxylic acids is 1. The van der Waals surface area contributed by atoms with Crippen molar-refractivity contribution in [1.29, 1.82) is 0 Å². The van der Waals surface area contributed by atoms with E-state index in [9.17, 15) is 4.79 Å². The Morgan fingerprint density at radius 3 is 2.62 bits per heavy atom. The van der Waals surface area contributed by atoms with Gasteiger partial charge in [-0.15, -0.1) is 0 Å². The van der Waals surface area contributed by atoms with Crippen LogP contribution in [-0.2, 0) is 6.42 Å². The Hall–Kier alpha value is -2.49. The van der Waals surface area contributed by atoms with Gasteiger partial charge in [0.15, 0.2) is 0 Å². The van der Waals surface area contributed by atoms with Crippen molar-refractivity contribution in [3.63, 3.8) is 0 Å². The second-order valence-electron chi connectivity index (χ2n) is 4.84. The van der Waals surface area contributed by atoms with E-state index in [1.165, 1.54) is 0 Å². The largest absolute Gasteiger partial charge is 0.497 e. The van der Waals surface area contributed by atoms with E-state index in [1.54, 1.807) is 43.5 Å². The highest BCUT2D eigenvalue weighted by Gasteiger charge is 2.14. The van der Waals surface area contributed by atoms with E-state index in [0.717, 1.165) is 24.2 Å². The quantitative estimate of drug-likeness (QED) is 0.641. The monoisotopic (exact) mass is 284 g/mol. The van der Waals surface area contributed by atoms with Gasteiger partial charge in [-0.3, -0.25) is 0 Å². The van der Waals surface area contributed by atoms with Crippen molar-refractivity contribution in [3.8, 4) is 17.2 Å². The Balaban J connectivity index is 1.74. The van der Waals surface area contributed by atoms with E-state index in [-0.39, 0.29) is 0 Å². The van der Waals surface area contributed by atoms with E-state index in [0.29, 0.717) is 23.7 Å². The lowest BCUT2D eigenvalue weighted by Crippen LogP contribution is -2.11. The van der Waals surface area contributed by atoms with Gasteiger partial charge in [0.1, 0.15) is 17.2 Å². The van der Waals surface area contributed by atoms with Crippen LogP contribution in [0.25, 0.3) is 0 Å². The van der Waals surface area contributed by atoms with Gasteiger partial charge < -0.3 is 14.2 Å². The molecule has 1 heterocycles. The maximum absolute atomic E-state index is 12.1. The molecule has 4 heteroatoms. The highest BCUT2D eigenvalue weighted by molar-refractivity contribution is 5.91. The van der Waals surface area contributed by atoms with Gasteiger partial charge in [-0.2, -0.15) is 0 Å². The summed E-state index contributed by atoms with van der Waals surface area (Å²) in [4.78, 5) is 12.1. The van der Waals surface area contributed by atoms with Gasteiger partial charge >= 0.3 is 5.97 Å². The number of ether oxygens (including phenoxy) is 3. The van der Waals surface area contributed by atoms with Crippen LogP contribution in [0, 0.1) is 0 Å². The lowest BCUT2D eigenvalue weighted by atomic mass is 10.1. The maximum Gasteiger partial charge on any atom is 0.343 e. The van der Waals surface area contributed by atoms with Crippen molar-refractivity contribution in [2.75, 3.05) is 13.7 Å². The number of fused-ring (bicyclic) bond motifs is 1. The molecular formula is C17H16O4. The molecular weight excluding hydrogens is 268 g/mol. The lowest BCUT2D eigenvalue weighted by Gasteiger charge is -2.17. The number of esters is 1. The van der Waals surface area contributed by atoms with Crippen molar-refractivity contribution < 1.29 is 19.0 Å². The molecule has 0 fully saturated rings. The molecule has 2 aromatic rings. The summed E-state index contributed by atoms with van der Waals surface area (Å²) in [6.45, 7) is 0.711. The van der Waals surface area contributed by atoms with E-state index < -0.39 is 5.97 Å². The first-order chi connectivity index (χ1) is 10.3. The molecule has 0 aliphatic carbocycles. The second kappa shape index (κ2) is 5.87. The first-order valence-electron chi connectivity index (χ1n) is 6.88. The SMILES string of the molecule is COc1ccc(C(=O)Oc2ccc3c(c2)OCCC3)cc1.